The zero-order chi connectivity index (χ0) is 24.5. The number of cyclic esters (lactones) is 1. The lowest BCUT2D eigenvalue weighted by Gasteiger charge is -2.26. The van der Waals surface area contributed by atoms with Crippen molar-refractivity contribution in [3.63, 3.8) is 0 Å². The van der Waals surface area contributed by atoms with Gasteiger partial charge in [0, 0.05) is 18.5 Å². The second kappa shape index (κ2) is 9.64. The minimum Gasteiger partial charge on any atom is -0.493 e. The first-order valence-corrected chi connectivity index (χ1v) is 12.5. The fourth-order valence-electron chi connectivity index (χ4n) is 5.34. The molecule has 0 N–H and O–H groups in total. The third-order valence-corrected chi connectivity index (χ3v) is 7.28. The molecule has 9 nitrogen and oxygen atoms in total. The fourth-order valence-corrected chi connectivity index (χ4v) is 5.34. The van der Waals surface area contributed by atoms with Crippen LogP contribution in [0.4, 0.5) is 5.82 Å². The third-order valence-electron chi connectivity index (χ3n) is 7.28. The summed E-state index contributed by atoms with van der Waals surface area (Å²) in [6, 6.07) is 12.3. The zero-order valence-corrected chi connectivity index (χ0v) is 20.3. The van der Waals surface area contributed by atoms with E-state index in [2.05, 4.69) is 32.0 Å². The molecule has 2 aromatic carbocycles. The van der Waals surface area contributed by atoms with Crippen LogP contribution in [0.15, 0.2) is 49.1 Å². The van der Waals surface area contributed by atoms with Crippen molar-refractivity contribution < 1.29 is 19.0 Å². The molecule has 9 heteroatoms. The molecule has 2 atom stereocenters. The van der Waals surface area contributed by atoms with E-state index in [9.17, 15) is 4.79 Å². The van der Waals surface area contributed by atoms with Crippen molar-refractivity contribution in [2.75, 3.05) is 31.8 Å². The number of aromatic nitrogens is 4. The molecule has 2 aliphatic rings. The highest BCUT2D eigenvalue weighted by Gasteiger charge is 2.30. The van der Waals surface area contributed by atoms with Gasteiger partial charge in [0.25, 0.3) is 0 Å². The lowest BCUT2D eigenvalue weighted by atomic mass is 10.0. The number of ether oxygens (including phenoxy) is 3. The summed E-state index contributed by atoms with van der Waals surface area (Å²) < 4.78 is 19.1. The quantitative estimate of drug-likeness (QED) is 0.345. The monoisotopic (exact) mass is 487 g/mol. The maximum absolute atomic E-state index is 11.8. The largest absolute Gasteiger partial charge is 0.493 e. The predicted molar refractivity (Wildman–Crippen MR) is 135 cm³/mol. The second-order valence-electron chi connectivity index (χ2n) is 9.37. The van der Waals surface area contributed by atoms with Crippen LogP contribution in [0.5, 0.6) is 11.5 Å². The number of nitrogens with zero attached hydrogens (tertiary/aromatic N) is 5. The highest BCUT2D eigenvalue weighted by Crippen LogP contribution is 2.37. The lowest BCUT2D eigenvalue weighted by Crippen LogP contribution is -2.35. The zero-order valence-electron chi connectivity index (χ0n) is 20.3. The molecule has 0 spiro atoms. The Morgan fingerprint density at radius 2 is 2.03 bits per heavy atom. The van der Waals surface area contributed by atoms with Gasteiger partial charge in [0.05, 0.1) is 32.0 Å². The van der Waals surface area contributed by atoms with Gasteiger partial charge in [0.2, 0.25) is 0 Å². The van der Waals surface area contributed by atoms with Crippen molar-refractivity contribution in [1.82, 2.24) is 19.5 Å². The molecule has 186 valence electrons. The van der Waals surface area contributed by atoms with Gasteiger partial charge in [0.15, 0.2) is 28.5 Å². The Kier molecular flexibility index (Phi) is 6.04. The molecule has 0 saturated carbocycles. The SMILES string of the molecule is COc1ccc2ccccc2c1OC[C@H]1CCCN1c1ncnc2c1ncn2CCC1CCOC1=O. The van der Waals surface area contributed by atoms with E-state index in [1.807, 2.05) is 28.8 Å². The van der Waals surface area contributed by atoms with Gasteiger partial charge in [-0.3, -0.25) is 4.79 Å². The van der Waals surface area contributed by atoms with Crippen molar-refractivity contribution in [2.45, 2.75) is 38.3 Å². The lowest BCUT2D eigenvalue weighted by molar-refractivity contribution is -0.141. The molecule has 0 bridgehead atoms. The number of imidazole rings is 1. The van der Waals surface area contributed by atoms with Crippen LogP contribution < -0.4 is 14.4 Å². The molecule has 0 amide bonds. The first-order valence-electron chi connectivity index (χ1n) is 12.5. The average molecular weight is 488 g/mol. The smallest absolute Gasteiger partial charge is 0.309 e. The number of benzene rings is 2. The van der Waals surface area contributed by atoms with E-state index in [0.29, 0.717) is 19.8 Å². The maximum atomic E-state index is 11.8. The minimum atomic E-state index is -0.0996. The Morgan fingerprint density at radius 3 is 2.89 bits per heavy atom. The Balaban J connectivity index is 1.22. The molecular weight excluding hydrogens is 458 g/mol. The highest BCUT2D eigenvalue weighted by molar-refractivity contribution is 5.90. The number of carbonyl (C=O) groups is 1. The van der Waals surface area contributed by atoms with Crippen molar-refractivity contribution in [1.29, 1.82) is 0 Å². The Morgan fingerprint density at radius 1 is 1.11 bits per heavy atom. The van der Waals surface area contributed by atoms with Gasteiger partial charge < -0.3 is 23.7 Å². The Bertz CT molecular complexity index is 1400. The minimum absolute atomic E-state index is 0.0464. The molecule has 2 saturated heterocycles. The maximum Gasteiger partial charge on any atom is 0.309 e. The first kappa shape index (κ1) is 22.6. The van der Waals surface area contributed by atoms with Crippen molar-refractivity contribution in [3.05, 3.63) is 49.1 Å². The number of carbonyl (C=O) groups excluding carboxylic acids is 1. The van der Waals surface area contributed by atoms with E-state index in [0.717, 1.165) is 71.5 Å². The molecule has 4 aromatic rings. The summed E-state index contributed by atoms with van der Waals surface area (Å²) >= 11 is 0. The fraction of sp³-hybridized carbons (Fsp3) is 0.407. The van der Waals surface area contributed by atoms with Crippen LogP contribution >= 0.6 is 0 Å². The van der Waals surface area contributed by atoms with Crippen LogP contribution in [-0.2, 0) is 16.1 Å². The summed E-state index contributed by atoms with van der Waals surface area (Å²) in [6.07, 6.45) is 6.95. The van der Waals surface area contributed by atoms with Gasteiger partial charge in [-0.2, -0.15) is 0 Å². The molecule has 1 unspecified atom stereocenters. The van der Waals surface area contributed by atoms with Gasteiger partial charge in [-0.1, -0.05) is 30.3 Å². The van der Waals surface area contributed by atoms with Gasteiger partial charge in [-0.15, -0.1) is 0 Å². The summed E-state index contributed by atoms with van der Waals surface area (Å²) in [5.74, 6) is 2.18. The number of anilines is 1. The summed E-state index contributed by atoms with van der Waals surface area (Å²) in [5, 5.41) is 2.15. The second-order valence-corrected chi connectivity index (χ2v) is 9.37. The van der Waals surface area contributed by atoms with Gasteiger partial charge in [-0.25, -0.2) is 15.0 Å². The number of methoxy groups -OCH3 is 1. The molecule has 2 fully saturated rings. The number of esters is 1. The number of rotatable bonds is 8. The first-order chi connectivity index (χ1) is 17.7. The summed E-state index contributed by atoms with van der Waals surface area (Å²) in [5.41, 5.74) is 1.56. The molecule has 0 radical (unpaired) electrons. The standard InChI is InChI=1S/C27H29N5O4/c1-34-22-9-8-18-5-2-3-7-21(18)24(22)36-15-20-6-4-12-32(20)26-23-25(28-16-29-26)31(17-30-23)13-10-19-11-14-35-27(19)33/h2-3,5,7-9,16-17,19-20H,4,6,10-15H2,1H3/t19?,20-/m1/s1. The van der Waals surface area contributed by atoms with Gasteiger partial charge in [0.1, 0.15) is 12.9 Å². The molecule has 6 rings (SSSR count). The summed E-state index contributed by atoms with van der Waals surface area (Å²) in [4.78, 5) is 27.9. The Labute approximate surface area is 209 Å². The van der Waals surface area contributed by atoms with E-state index in [-0.39, 0.29) is 17.9 Å². The van der Waals surface area contributed by atoms with E-state index in [4.69, 9.17) is 14.2 Å². The third kappa shape index (κ3) is 4.08. The molecule has 0 aliphatic carbocycles. The number of aryl methyl sites for hydroxylation is 1. The average Bonchev–Trinajstić information content (AvgIpc) is 3.65. The highest BCUT2D eigenvalue weighted by atomic mass is 16.5. The molecule has 36 heavy (non-hydrogen) atoms. The van der Waals surface area contributed by atoms with Crippen LogP contribution in [0.3, 0.4) is 0 Å². The Hall–Kier alpha value is -3.88. The van der Waals surface area contributed by atoms with Crippen LogP contribution in [-0.4, -0.2) is 58.4 Å². The summed E-state index contributed by atoms with van der Waals surface area (Å²) in [6.45, 7) is 2.58. The van der Waals surface area contributed by atoms with Crippen LogP contribution in [0, 0.1) is 5.92 Å². The topological polar surface area (TPSA) is 91.6 Å². The van der Waals surface area contributed by atoms with Gasteiger partial charge >= 0.3 is 5.97 Å². The van der Waals surface area contributed by atoms with Crippen LogP contribution in [0.2, 0.25) is 0 Å². The van der Waals surface area contributed by atoms with Crippen LogP contribution in [0.1, 0.15) is 25.7 Å². The molecule has 4 heterocycles. The molecular formula is C27H29N5O4. The van der Waals surface area contributed by atoms with E-state index in [1.54, 1.807) is 19.8 Å². The van der Waals surface area contributed by atoms with E-state index >= 15 is 0 Å². The number of fused-ring (bicyclic) bond motifs is 2. The molecule has 2 aliphatic heterocycles. The molecule has 2 aromatic heterocycles. The van der Waals surface area contributed by atoms with Gasteiger partial charge in [-0.05, 0) is 37.1 Å². The van der Waals surface area contributed by atoms with E-state index in [1.165, 1.54) is 0 Å². The number of hydrogen-bond donors (Lipinski definition) is 0. The number of hydrogen-bond acceptors (Lipinski definition) is 8. The van der Waals surface area contributed by atoms with Crippen molar-refractivity contribution >= 4 is 33.7 Å². The van der Waals surface area contributed by atoms with Crippen molar-refractivity contribution in [3.8, 4) is 11.5 Å². The van der Waals surface area contributed by atoms with E-state index < -0.39 is 0 Å². The van der Waals surface area contributed by atoms with Crippen LogP contribution in [0.25, 0.3) is 21.9 Å². The predicted octanol–water partition coefficient (Wildman–Crippen LogP) is 3.99. The normalized spacial score (nSPS) is 19.8. The van der Waals surface area contributed by atoms with Crippen molar-refractivity contribution in [2.24, 2.45) is 5.92 Å². The summed E-state index contributed by atoms with van der Waals surface area (Å²) in [7, 11) is 1.67.